The molecule has 2 N–H and O–H groups in total. The number of hydrogen-bond acceptors (Lipinski definition) is 5. The smallest absolute Gasteiger partial charge is 0.258 e. The van der Waals surface area contributed by atoms with Gasteiger partial charge in [0.25, 0.3) is 5.56 Å². The number of H-pyrrole nitrogens is 1. The quantitative estimate of drug-likeness (QED) is 0.672. The molecular weight excluding hydrogens is 370 g/mol. The van der Waals surface area contributed by atoms with Gasteiger partial charge < -0.3 is 19.8 Å². The fourth-order valence-corrected chi connectivity index (χ4v) is 3.40. The van der Waals surface area contributed by atoms with Gasteiger partial charge in [0.1, 0.15) is 19.0 Å². The minimum Gasteiger partial charge on any atom is -0.486 e. The van der Waals surface area contributed by atoms with Crippen molar-refractivity contribution in [2.45, 2.75) is 32.2 Å². The molecule has 4 rings (SSSR count). The number of benzene rings is 2. The molecule has 1 amide bonds. The van der Waals surface area contributed by atoms with Crippen LogP contribution in [-0.2, 0) is 11.2 Å². The van der Waals surface area contributed by atoms with Crippen LogP contribution in [0.4, 0.5) is 0 Å². The SMILES string of the molecule is CC(NC(=O)CCCc1nc2ccccc2c(=O)[nH]1)c1ccc2c(c1)OCCO2. The van der Waals surface area contributed by atoms with Gasteiger partial charge in [-0.3, -0.25) is 9.59 Å². The average molecular weight is 393 g/mol. The number of hydrogen-bond donors (Lipinski definition) is 2. The number of ether oxygens (including phenoxy) is 2. The Bertz CT molecular complexity index is 1090. The Kier molecular flexibility index (Phi) is 5.46. The molecule has 0 saturated heterocycles. The van der Waals surface area contributed by atoms with Crippen LogP contribution in [0.5, 0.6) is 11.5 Å². The maximum atomic E-state index is 12.3. The lowest BCUT2D eigenvalue weighted by atomic mass is 10.1. The molecule has 1 aliphatic rings. The highest BCUT2D eigenvalue weighted by atomic mass is 16.6. The van der Waals surface area contributed by atoms with Crippen molar-refractivity contribution in [1.29, 1.82) is 0 Å². The number of para-hydroxylation sites is 1. The van der Waals surface area contributed by atoms with Crippen molar-refractivity contribution in [3.05, 3.63) is 64.2 Å². The van der Waals surface area contributed by atoms with E-state index in [4.69, 9.17) is 9.47 Å². The summed E-state index contributed by atoms with van der Waals surface area (Å²) in [6.07, 6.45) is 1.48. The number of aromatic nitrogens is 2. The normalized spacial score (nSPS) is 13.8. The standard InChI is InChI=1S/C22H23N3O4/c1-14(15-9-10-18-19(13-15)29-12-11-28-18)23-21(26)8-4-7-20-24-17-6-3-2-5-16(17)22(27)25-20/h2-3,5-6,9-10,13-14H,4,7-8,11-12H2,1H3,(H,23,26)(H,24,25,27). The maximum Gasteiger partial charge on any atom is 0.258 e. The third kappa shape index (κ3) is 4.39. The Labute approximate surface area is 168 Å². The first kappa shape index (κ1) is 19.0. The van der Waals surface area contributed by atoms with Crippen molar-refractivity contribution < 1.29 is 14.3 Å². The average Bonchev–Trinajstić information content (AvgIpc) is 2.73. The molecule has 1 aliphatic heterocycles. The van der Waals surface area contributed by atoms with Crippen LogP contribution in [0.2, 0.25) is 0 Å². The molecule has 0 fully saturated rings. The van der Waals surface area contributed by atoms with Gasteiger partial charge in [-0.1, -0.05) is 18.2 Å². The number of nitrogens with one attached hydrogen (secondary N) is 2. The summed E-state index contributed by atoms with van der Waals surface area (Å²) in [6.45, 7) is 3.02. The monoisotopic (exact) mass is 393 g/mol. The van der Waals surface area contributed by atoms with E-state index in [9.17, 15) is 9.59 Å². The predicted octanol–water partition coefficient (Wildman–Crippen LogP) is 2.89. The highest BCUT2D eigenvalue weighted by Crippen LogP contribution is 2.32. The van der Waals surface area contributed by atoms with Gasteiger partial charge in [-0.2, -0.15) is 0 Å². The van der Waals surface area contributed by atoms with Crippen LogP contribution in [0.25, 0.3) is 10.9 Å². The summed E-state index contributed by atoms with van der Waals surface area (Å²) >= 11 is 0. The van der Waals surface area contributed by atoms with Crippen molar-refractivity contribution in [3.8, 4) is 11.5 Å². The van der Waals surface area contributed by atoms with Crippen molar-refractivity contribution >= 4 is 16.8 Å². The molecule has 0 aliphatic carbocycles. The van der Waals surface area contributed by atoms with Gasteiger partial charge in [0.2, 0.25) is 5.91 Å². The molecule has 7 heteroatoms. The Morgan fingerprint density at radius 3 is 2.83 bits per heavy atom. The van der Waals surface area contributed by atoms with Crippen LogP contribution in [0.1, 0.15) is 37.2 Å². The second-order valence-corrected chi connectivity index (χ2v) is 7.08. The fourth-order valence-electron chi connectivity index (χ4n) is 3.40. The first-order valence-electron chi connectivity index (χ1n) is 9.77. The van der Waals surface area contributed by atoms with Gasteiger partial charge in [0, 0.05) is 12.8 Å². The fraction of sp³-hybridized carbons (Fsp3) is 0.318. The maximum absolute atomic E-state index is 12.3. The van der Waals surface area contributed by atoms with E-state index in [0.29, 0.717) is 55.0 Å². The number of amides is 1. The van der Waals surface area contributed by atoms with Crippen molar-refractivity contribution in [1.82, 2.24) is 15.3 Å². The topological polar surface area (TPSA) is 93.3 Å². The van der Waals surface area contributed by atoms with Gasteiger partial charge >= 0.3 is 0 Å². The van der Waals surface area contributed by atoms with E-state index in [1.165, 1.54) is 0 Å². The van der Waals surface area contributed by atoms with E-state index in [1.807, 2.05) is 43.3 Å². The number of aryl methyl sites for hydroxylation is 1. The Morgan fingerprint density at radius 2 is 1.97 bits per heavy atom. The number of rotatable bonds is 6. The molecule has 3 aromatic rings. The number of carbonyl (C=O) groups is 1. The van der Waals surface area contributed by atoms with Crippen LogP contribution in [-0.4, -0.2) is 29.1 Å². The summed E-state index contributed by atoms with van der Waals surface area (Å²) in [5, 5.41) is 3.57. The summed E-state index contributed by atoms with van der Waals surface area (Å²) in [7, 11) is 0. The molecule has 2 aromatic carbocycles. The lowest BCUT2D eigenvalue weighted by molar-refractivity contribution is -0.121. The van der Waals surface area contributed by atoms with E-state index < -0.39 is 0 Å². The van der Waals surface area contributed by atoms with Crippen molar-refractivity contribution in [3.63, 3.8) is 0 Å². The molecule has 1 atom stereocenters. The number of aromatic amines is 1. The Morgan fingerprint density at radius 1 is 1.17 bits per heavy atom. The lowest BCUT2D eigenvalue weighted by Gasteiger charge is -2.21. The Hall–Kier alpha value is -3.35. The van der Waals surface area contributed by atoms with Gasteiger partial charge in [-0.25, -0.2) is 4.98 Å². The molecule has 150 valence electrons. The van der Waals surface area contributed by atoms with E-state index in [-0.39, 0.29) is 17.5 Å². The zero-order valence-corrected chi connectivity index (χ0v) is 16.2. The van der Waals surface area contributed by atoms with Gasteiger partial charge in [0.15, 0.2) is 11.5 Å². The highest BCUT2D eigenvalue weighted by Gasteiger charge is 2.16. The number of fused-ring (bicyclic) bond motifs is 2. The summed E-state index contributed by atoms with van der Waals surface area (Å²) in [6, 6.07) is 12.8. The van der Waals surface area contributed by atoms with Gasteiger partial charge in [-0.15, -0.1) is 0 Å². The molecule has 0 radical (unpaired) electrons. The lowest BCUT2D eigenvalue weighted by Crippen LogP contribution is -2.26. The van der Waals surface area contributed by atoms with Crippen LogP contribution in [0.15, 0.2) is 47.3 Å². The van der Waals surface area contributed by atoms with Crippen LogP contribution >= 0.6 is 0 Å². The molecule has 0 bridgehead atoms. The molecule has 1 aromatic heterocycles. The zero-order chi connectivity index (χ0) is 20.2. The van der Waals surface area contributed by atoms with Gasteiger partial charge in [-0.05, 0) is 43.2 Å². The first-order chi connectivity index (χ1) is 14.1. The summed E-state index contributed by atoms with van der Waals surface area (Å²) in [4.78, 5) is 31.7. The van der Waals surface area contributed by atoms with E-state index >= 15 is 0 Å². The molecule has 1 unspecified atom stereocenters. The first-order valence-corrected chi connectivity index (χ1v) is 9.77. The summed E-state index contributed by atoms with van der Waals surface area (Å²) in [5.41, 5.74) is 1.48. The number of carbonyl (C=O) groups excluding carboxylic acids is 1. The third-order valence-electron chi connectivity index (χ3n) is 4.92. The molecule has 0 spiro atoms. The molecule has 29 heavy (non-hydrogen) atoms. The van der Waals surface area contributed by atoms with Crippen molar-refractivity contribution in [2.75, 3.05) is 13.2 Å². The third-order valence-corrected chi connectivity index (χ3v) is 4.92. The summed E-state index contributed by atoms with van der Waals surface area (Å²) in [5.74, 6) is 1.99. The largest absolute Gasteiger partial charge is 0.486 e. The minimum atomic E-state index is -0.151. The van der Waals surface area contributed by atoms with Crippen LogP contribution in [0, 0.1) is 0 Å². The number of nitrogens with zero attached hydrogens (tertiary/aromatic N) is 1. The zero-order valence-electron chi connectivity index (χ0n) is 16.2. The molecule has 7 nitrogen and oxygen atoms in total. The van der Waals surface area contributed by atoms with E-state index in [0.717, 1.165) is 11.3 Å². The second-order valence-electron chi connectivity index (χ2n) is 7.08. The van der Waals surface area contributed by atoms with E-state index in [2.05, 4.69) is 15.3 Å². The predicted molar refractivity (Wildman–Crippen MR) is 109 cm³/mol. The Balaban J connectivity index is 1.31. The van der Waals surface area contributed by atoms with Crippen LogP contribution in [0.3, 0.4) is 0 Å². The highest BCUT2D eigenvalue weighted by molar-refractivity contribution is 5.77. The van der Waals surface area contributed by atoms with E-state index in [1.54, 1.807) is 6.07 Å². The second kappa shape index (κ2) is 8.34. The minimum absolute atomic E-state index is 0.0458. The van der Waals surface area contributed by atoms with Crippen molar-refractivity contribution in [2.24, 2.45) is 0 Å². The molecule has 2 heterocycles. The summed E-state index contributed by atoms with van der Waals surface area (Å²) < 4.78 is 11.1. The van der Waals surface area contributed by atoms with Gasteiger partial charge in [0.05, 0.1) is 16.9 Å². The molecular formula is C22H23N3O4. The molecule has 0 saturated carbocycles. The van der Waals surface area contributed by atoms with Crippen LogP contribution < -0.4 is 20.3 Å².